The van der Waals surface area contributed by atoms with Crippen LogP contribution in [0, 0.1) is 11.6 Å². The van der Waals surface area contributed by atoms with Gasteiger partial charge in [0.25, 0.3) is 0 Å². The Morgan fingerprint density at radius 2 is 1.73 bits per heavy atom. The Morgan fingerprint density at radius 3 is 2.31 bits per heavy atom. The van der Waals surface area contributed by atoms with Gasteiger partial charge in [0, 0.05) is 23.4 Å². The molecule has 0 aliphatic carbocycles. The highest BCUT2D eigenvalue weighted by molar-refractivity contribution is 7.80. The molecule has 1 N–H and O–H groups in total. The van der Waals surface area contributed by atoms with Crippen LogP contribution in [0.1, 0.15) is 35.8 Å². The molecule has 0 fully saturated rings. The van der Waals surface area contributed by atoms with Crippen molar-refractivity contribution >= 4 is 23.1 Å². The van der Waals surface area contributed by atoms with Gasteiger partial charge in [0.05, 0.1) is 11.6 Å². The van der Waals surface area contributed by atoms with Gasteiger partial charge in [0.15, 0.2) is 10.9 Å². The second-order valence-corrected chi connectivity index (χ2v) is 6.34. The fourth-order valence-electron chi connectivity index (χ4n) is 3.20. The lowest BCUT2D eigenvalue weighted by atomic mass is 9.88. The van der Waals surface area contributed by atoms with Crippen molar-refractivity contribution in [1.82, 2.24) is 10.2 Å². The van der Waals surface area contributed by atoms with Gasteiger partial charge in [-0.25, -0.2) is 8.78 Å². The van der Waals surface area contributed by atoms with Crippen molar-refractivity contribution < 1.29 is 13.6 Å². The normalized spacial score (nSPS) is 17.3. The van der Waals surface area contributed by atoms with E-state index in [1.165, 1.54) is 18.2 Å². The van der Waals surface area contributed by atoms with Crippen LogP contribution in [-0.4, -0.2) is 22.3 Å². The lowest BCUT2D eigenvalue weighted by molar-refractivity contribution is 0.102. The van der Waals surface area contributed by atoms with Crippen molar-refractivity contribution in [2.75, 3.05) is 6.54 Å². The lowest BCUT2D eigenvalue weighted by Gasteiger charge is -2.37. The molecule has 1 aliphatic rings. The summed E-state index contributed by atoms with van der Waals surface area (Å²) in [5.74, 6) is -1.73. The van der Waals surface area contributed by atoms with Crippen LogP contribution in [0.3, 0.4) is 0 Å². The maximum Gasteiger partial charge on any atom is 0.193 e. The molecule has 2 aromatic rings. The predicted molar refractivity (Wildman–Crippen MR) is 101 cm³/mol. The third kappa shape index (κ3) is 3.12. The first-order valence-electron chi connectivity index (χ1n) is 8.28. The summed E-state index contributed by atoms with van der Waals surface area (Å²) in [4.78, 5) is 14.9. The number of hydrogen-bond acceptors (Lipinski definition) is 2. The van der Waals surface area contributed by atoms with Gasteiger partial charge >= 0.3 is 0 Å². The Labute approximate surface area is 156 Å². The van der Waals surface area contributed by atoms with Crippen LogP contribution in [0.4, 0.5) is 8.78 Å². The number of thiocarbonyl (C=S) groups is 1. The average Bonchev–Trinajstić information content (AvgIpc) is 2.62. The van der Waals surface area contributed by atoms with Crippen LogP contribution in [0.2, 0.25) is 0 Å². The van der Waals surface area contributed by atoms with Crippen molar-refractivity contribution in [3.63, 3.8) is 0 Å². The van der Waals surface area contributed by atoms with E-state index in [-0.39, 0.29) is 16.9 Å². The van der Waals surface area contributed by atoms with E-state index >= 15 is 0 Å². The molecule has 26 heavy (non-hydrogen) atoms. The first-order valence-corrected chi connectivity index (χ1v) is 8.69. The number of ketones is 1. The summed E-state index contributed by atoms with van der Waals surface area (Å²) in [5, 5.41) is 3.28. The largest absolute Gasteiger partial charge is 0.351 e. The average molecular weight is 372 g/mol. The topological polar surface area (TPSA) is 32.3 Å². The second-order valence-electron chi connectivity index (χ2n) is 5.96. The van der Waals surface area contributed by atoms with E-state index < -0.39 is 17.7 Å². The number of Topliss-reactive ketones (excluding diaryl/α,β-unsaturated/α-hetero) is 1. The van der Waals surface area contributed by atoms with Crippen molar-refractivity contribution in [2.45, 2.75) is 19.9 Å². The summed E-state index contributed by atoms with van der Waals surface area (Å²) >= 11 is 5.35. The predicted octanol–water partition coefficient (Wildman–Crippen LogP) is 4.37. The maximum atomic E-state index is 14.4. The number of allylic oxidation sites excluding steroid dienone is 1. The van der Waals surface area contributed by atoms with E-state index in [4.69, 9.17) is 12.2 Å². The van der Waals surface area contributed by atoms with Gasteiger partial charge in [-0.3, -0.25) is 4.79 Å². The highest BCUT2D eigenvalue weighted by atomic mass is 32.1. The van der Waals surface area contributed by atoms with Crippen molar-refractivity contribution in [1.29, 1.82) is 0 Å². The zero-order valence-electron chi connectivity index (χ0n) is 14.4. The van der Waals surface area contributed by atoms with Crippen molar-refractivity contribution in [3.05, 3.63) is 82.6 Å². The summed E-state index contributed by atoms with van der Waals surface area (Å²) in [7, 11) is 0. The number of halogens is 2. The Bertz CT molecular complexity index is 876. The summed E-state index contributed by atoms with van der Waals surface area (Å²) in [5.41, 5.74) is 1.13. The number of nitrogens with one attached hydrogen (secondary N) is 1. The highest BCUT2D eigenvalue weighted by Gasteiger charge is 2.36. The van der Waals surface area contributed by atoms with E-state index in [1.54, 1.807) is 42.2 Å². The number of carbonyl (C=O) groups excluding carboxylic acids is 1. The zero-order chi connectivity index (χ0) is 18.8. The number of carbonyl (C=O) groups is 1. The summed E-state index contributed by atoms with van der Waals surface area (Å²) in [6.07, 6.45) is 0. The molecule has 0 unspecified atom stereocenters. The molecule has 0 amide bonds. The van der Waals surface area contributed by atoms with Gasteiger partial charge in [-0.1, -0.05) is 36.4 Å². The van der Waals surface area contributed by atoms with Crippen molar-refractivity contribution in [2.24, 2.45) is 0 Å². The van der Waals surface area contributed by atoms with E-state index in [2.05, 4.69) is 5.32 Å². The standard InChI is InChI=1S/C20H18F2N2OS/c1-3-24-12(2)16(19(25)13-8-5-4-6-9-13)18(23-20(24)26)17-14(21)10-7-11-15(17)22/h4-11,18H,3H2,1-2H3,(H,23,26)/t18-/m1/s1. The maximum absolute atomic E-state index is 14.4. The van der Waals surface area contributed by atoms with E-state index in [0.717, 1.165) is 0 Å². The molecule has 2 aromatic carbocycles. The molecule has 1 aliphatic heterocycles. The third-order valence-corrected chi connectivity index (χ3v) is 4.82. The van der Waals surface area contributed by atoms with Crippen molar-refractivity contribution in [3.8, 4) is 0 Å². The molecule has 3 rings (SSSR count). The van der Waals surface area contributed by atoms with Crippen LogP contribution in [0.5, 0.6) is 0 Å². The quantitative estimate of drug-likeness (QED) is 0.638. The Hall–Kier alpha value is -2.60. The smallest absolute Gasteiger partial charge is 0.193 e. The van der Waals surface area contributed by atoms with Crippen LogP contribution < -0.4 is 5.32 Å². The molecule has 0 aromatic heterocycles. The van der Waals surface area contributed by atoms with Crippen LogP contribution in [0.15, 0.2) is 59.8 Å². The van der Waals surface area contributed by atoms with Gasteiger partial charge < -0.3 is 10.2 Å². The second kappa shape index (κ2) is 7.33. The summed E-state index contributed by atoms with van der Waals surface area (Å²) < 4.78 is 28.9. The van der Waals surface area contributed by atoms with Gasteiger partial charge in [-0.15, -0.1) is 0 Å². The summed E-state index contributed by atoms with van der Waals surface area (Å²) in [6, 6.07) is 11.3. The molecule has 0 saturated carbocycles. The SMILES string of the molecule is CCN1C(=S)N[C@@H](c2c(F)cccc2F)C(C(=O)c2ccccc2)=C1C. The fraction of sp³-hybridized carbons (Fsp3) is 0.200. The summed E-state index contributed by atoms with van der Waals surface area (Å²) in [6.45, 7) is 4.18. The molecule has 0 saturated heterocycles. The first kappa shape index (κ1) is 18.2. The Balaban J connectivity index is 2.21. The highest BCUT2D eigenvalue weighted by Crippen LogP contribution is 2.35. The molecule has 0 bridgehead atoms. The minimum Gasteiger partial charge on any atom is -0.351 e. The molecule has 0 radical (unpaired) electrons. The Kier molecular flexibility index (Phi) is 5.13. The van der Waals surface area contributed by atoms with Gasteiger partial charge in [0.2, 0.25) is 0 Å². The Morgan fingerprint density at radius 1 is 1.12 bits per heavy atom. The number of benzene rings is 2. The van der Waals surface area contributed by atoms with E-state index in [0.29, 0.717) is 22.9 Å². The monoisotopic (exact) mass is 372 g/mol. The molecular weight excluding hydrogens is 354 g/mol. The van der Waals surface area contributed by atoms with E-state index in [1.807, 2.05) is 6.92 Å². The molecule has 3 nitrogen and oxygen atoms in total. The van der Waals surface area contributed by atoms with Gasteiger partial charge in [0.1, 0.15) is 11.6 Å². The molecule has 0 spiro atoms. The van der Waals surface area contributed by atoms with Crippen LogP contribution in [-0.2, 0) is 0 Å². The van der Waals surface area contributed by atoms with Crippen LogP contribution >= 0.6 is 12.2 Å². The molecule has 1 heterocycles. The molecule has 134 valence electrons. The van der Waals surface area contributed by atoms with Gasteiger partial charge in [-0.05, 0) is 38.2 Å². The van der Waals surface area contributed by atoms with Gasteiger partial charge in [-0.2, -0.15) is 0 Å². The van der Waals surface area contributed by atoms with Crippen LogP contribution in [0.25, 0.3) is 0 Å². The molecular formula is C20H18F2N2OS. The first-order chi connectivity index (χ1) is 12.5. The number of nitrogens with zero attached hydrogens (tertiary/aromatic N) is 1. The number of rotatable bonds is 4. The zero-order valence-corrected chi connectivity index (χ0v) is 15.2. The molecule has 1 atom stereocenters. The lowest BCUT2D eigenvalue weighted by Crippen LogP contribution is -2.48. The minimum atomic E-state index is -0.987. The fourth-order valence-corrected chi connectivity index (χ4v) is 3.59. The minimum absolute atomic E-state index is 0.204. The number of hydrogen-bond donors (Lipinski definition) is 1. The van der Waals surface area contributed by atoms with E-state index in [9.17, 15) is 13.6 Å². The third-order valence-electron chi connectivity index (χ3n) is 4.48. The molecule has 6 heteroatoms.